The molecule has 0 unspecified atom stereocenters. The molecule has 42 heavy (non-hydrogen) atoms. The van der Waals surface area contributed by atoms with Gasteiger partial charge in [-0.2, -0.15) is 0 Å². The average Bonchev–Trinajstić information content (AvgIpc) is 2.85. The number of ketones is 2. The number of primary amides is 1. The third-order valence-corrected chi connectivity index (χ3v) is 8.72. The van der Waals surface area contributed by atoms with E-state index in [1.54, 1.807) is 0 Å². The van der Waals surface area contributed by atoms with E-state index in [2.05, 4.69) is 9.80 Å². The normalized spacial score (nSPS) is 27.8. The van der Waals surface area contributed by atoms with Crippen molar-refractivity contribution in [2.24, 2.45) is 17.6 Å². The summed E-state index contributed by atoms with van der Waals surface area (Å²) in [5, 5.41) is 44.5. The molecule has 1 amide bonds. The second-order valence-corrected chi connectivity index (χ2v) is 11.3. The van der Waals surface area contributed by atoms with Crippen LogP contribution in [0.1, 0.15) is 23.1 Å². The van der Waals surface area contributed by atoms with Gasteiger partial charge in [-0.05, 0) is 46.0 Å². The van der Waals surface area contributed by atoms with Gasteiger partial charge in [0.15, 0.2) is 11.4 Å². The number of phenols is 1. The van der Waals surface area contributed by atoms with Crippen LogP contribution in [0.4, 0.5) is 4.39 Å². The SMILES string of the molecule is CN1CCN(Cc2cc(O)c3c(c2F)C[C@H]2C[C@H]4[C@H](N(C)C)C(=O)C(C(N)=O)=C(O)[C@@]4(O)C(=O)C2=C3O)CC1.Cl.Cl.Cl. The number of carbonyl (C=O) groups excluding carboxylic acids is 3. The minimum atomic E-state index is -2.72. The summed E-state index contributed by atoms with van der Waals surface area (Å²) in [4.78, 5) is 44.7. The fraction of sp³-hybridized carbons (Fsp3) is 0.519. The number of nitrogens with two attached hydrogens (primary N) is 1. The lowest BCUT2D eigenvalue weighted by atomic mass is 9.57. The lowest BCUT2D eigenvalue weighted by molar-refractivity contribution is -0.153. The Morgan fingerprint density at radius 2 is 1.71 bits per heavy atom. The van der Waals surface area contributed by atoms with Gasteiger partial charge in [0.25, 0.3) is 5.91 Å². The van der Waals surface area contributed by atoms with E-state index in [9.17, 15) is 34.8 Å². The van der Waals surface area contributed by atoms with Gasteiger partial charge in [0, 0.05) is 55.3 Å². The molecule has 0 aromatic heterocycles. The number of nitrogens with zero attached hydrogens (tertiary/aromatic N) is 3. The second kappa shape index (κ2) is 12.7. The molecule has 0 bridgehead atoms. The minimum absolute atomic E-state index is 0. The molecule has 15 heteroatoms. The maximum Gasteiger partial charge on any atom is 0.255 e. The number of hydrogen-bond acceptors (Lipinski definition) is 10. The topological polar surface area (TPSA) is 168 Å². The molecule has 11 nitrogen and oxygen atoms in total. The fourth-order valence-electron chi connectivity index (χ4n) is 6.71. The molecular formula is C27H36Cl3FN4O7. The van der Waals surface area contributed by atoms with Gasteiger partial charge in [-0.3, -0.25) is 24.2 Å². The number of aliphatic hydroxyl groups is 3. The molecular weight excluding hydrogens is 618 g/mol. The Labute approximate surface area is 261 Å². The molecule has 234 valence electrons. The Morgan fingerprint density at radius 1 is 1.12 bits per heavy atom. The Balaban J connectivity index is 0.00000205. The predicted octanol–water partition coefficient (Wildman–Crippen LogP) is 1.12. The van der Waals surface area contributed by atoms with Gasteiger partial charge in [-0.1, -0.05) is 0 Å². The molecule has 1 saturated heterocycles. The van der Waals surface area contributed by atoms with Crippen molar-refractivity contribution >= 4 is 60.5 Å². The molecule has 3 aliphatic carbocycles. The Bertz CT molecular complexity index is 1360. The zero-order chi connectivity index (χ0) is 28.5. The van der Waals surface area contributed by atoms with Crippen LogP contribution in [0.5, 0.6) is 5.75 Å². The fourth-order valence-corrected chi connectivity index (χ4v) is 6.71. The first-order valence-electron chi connectivity index (χ1n) is 12.9. The third kappa shape index (κ3) is 5.27. The minimum Gasteiger partial charge on any atom is -0.508 e. The summed E-state index contributed by atoms with van der Waals surface area (Å²) in [6, 6.07) is 0.0440. The van der Waals surface area contributed by atoms with Gasteiger partial charge in [-0.15, -0.1) is 37.2 Å². The third-order valence-electron chi connectivity index (χ3n) is 8.72. The summed E-state index contributed by atoms with van der Waals surface area (Å²) in [6.07, 6.45) is -0.167. The van der Waals surface area contributed by atoms with Gasteiger partial charge < -0.3 is 31.1 Å². The van der Waals surface area contributed by atoms with Crippen molar-refractivity contribution in [3.63, 3.8) is 0 Å². The molecule has 1 aromatic carbocycles. The van der Waals surface area contributed by atoms with Crippen LogP contribution in [0, 0.1) is 17.7 Å². The van der Waals surface area contributed by atoms with Crippen LogP contribution in [0.15, 0.2) is 23.0 Å². The maximum absolute atomic E-state index is 15.9. The van der Waals surface area contributed by atoms with Crippen LogP contribution in [0.25, 0.3) is 5.76 Å². The first-order chi connectivity index (χ1) is 18.3. The van der Waals surface area contributed by atoms with E-state index in [0.717, 1.165) is 26.2 Å². The summed E-state index contributed by atoms with van der Waals surface area (Å²) >= 11 is 0. The van der Waals surface area contributed by atoms with E-state index >= 15 is 4.39 Å². The Kier molecular flexibility index (Phi) is 10.8. The van der Waals surface area contributed by atoms with Crippen LogP contribution in [-0.4, -0.2) is 112 Å². The quantitative estimate of drug-likeness (QED) is 0.297. The molecule has 0 spiro atoms. The molecule has 1 heterocycles. The van der Waals surface area contributed by atoms with E-state index in [1.165, 1.54) is 25.1 Å². The molecule has 1 aliphatic heterocycles. The number of Topliss-reactive ketones (excluding diaryl/α,β-unsaturated/α-hetero) is 2. The largest absolute Gasteiger partial charge is 0.508 e. The number of piperazine rings is 1. The number of phenolic OH excluding ortho intramolecular Hbond substituents is 1. The number of fused-ring (bicyclic) bond motifs is 3. The first-order valence-corrected chi connectivity index (χ1v) is 12.9. The van der Waals surface area contributed by atoms with Crippen molar-refractivity contribution in [2.75, 3.05) is 47.3 Å². The molecule has 4 aliphatic rings. The number of carbonyl (C=O) groups is 3. The number of benzene rings is 1. The molecule has 0 radical (unpaired) electrons. The average molecular weight is 654 g/mol. The van der Waals surface area contributed by atoms with Crippen molar-refractivity contribution in [3.05, 3.63) is 45.5 Å². The lowest BCUT2D eigenvalue weighted by Crippen LogP contribution is -2.65. The van der Waals surface area contributed by atoms with Crippen molar-refractivity contribution < 1.29 is 39.2 Å². The van der Waals surface area contributed by atoms with Crippen LogP contribution in [-0.2, 0) is 27.3 Å². The summed E-state index contributed by atoms with van der Waals surface area (Å²) in [5.74, 6) is -8.15. The van der Waals surface area contributed by atoms with Crippen molar-refractivity contribution in [2.45, 2.75) is 31.0 Å². The van der Waals surface area contributed by atoms with Crippen LogP contribution >= 0.6 is 37.2 Å². The molecule has 1 aromatic rings. The van der Waals surface area contributed by atoms with Crippen molar-refractivity contribution in [1.82, 2.24) is 14.7 Å². The molecule has 1 saturated carbocycles. The smallest absolute Gasteiger partial charge is 0.255 e. The molecule has 6 N–H and O–H groups in total. The number of hydrogen-bond donors (Lipinski definition) is 5. The monoisotopic (exact) mass is 652 g/mol. The zero-order valence-corrected chi connectivity index (χ0v) is 25.7. The maximum atomic E-state index is 15.9. The van der Waals surface area contributed by atoms with E-state index in [-0.39, 0.29) is 78.9 Å². The van der Waals surface area contributed by atoms with Crippen molar-refractivity contribution in [1.29, 1.82) is 0 Å². The van der Waals surface area contributed by atoms with Gasteiger partial charge in [0.1, 0.15) is 28.7 Å². The highest BCUT2D eigenvalue weighted by molar-refractivity contribution is 6.24. The number of aromatic hydroxyl groups is 1. The number of likely N-dealkylation sites (N-methyl/N-ethyl adjacent to an activating group) is 2. The number of halogens is 4. The van der Waals surface area contributed by atoms with E-state index in [1.807, 2.05) is 7.05 Å². The lowest BCUT2D eigenvalue weighted by Gasteiger charge is -2.50. The predicted molar refractivity (Wildman–Crippen MR) is 159 cm³/mol. The first kappa shape index (κ1) is 35.7. The highest BCUT2D eigenvalue weighted by atomic mass is 35.5. The summed E-state index contributed by atoms with van der Waals surface area (Å²) in [6.45, 7) is 3.36. The van der Waals surface area contributed by atoms with E-state index in [4.69, 9.17) is 5.73 Å². The summed E-state index contributed by atoms with van der Waals surface area (Å²) in [7, 11) is 5.05. The number of rotatable bonds is 4. The number of aliphatic hydroxyl groups excluding tert-OH is 2. The van der Waals surface area contributed by atoms with Gasteiger partial charge in [0.05, 0.1) is 11.6 Å². The van der Waals surface area contributed by atoms with Crippen molar-refractivity contribution in [3.8, 4) is 5.75 Å². The van der Waals surface area contributed by atoms with Crippen LogP contribution < -0.4 is 5.73 Å². The zero-order valence-electron chi connectivity index (χ0n) is 23.3. The molecule has 5 rings (SSSR count). The van der Waals surface area contributed by atoms with Gasteiger partial charge >= 0.3 is 0 Å². The van der Waals surface area contributed by atoms with E-state index in [0.29, 0.717) is 0 Å². The standard InChI is InChI=1S/C27H33FN4O7.3ClH/c1-30(2)21-15-9-12-8-14-18(16(33)10-13(20(14)28)11-32-6-4-31(3)5-7-32)22(34)17(12)24(36)27(15,39)25(37)19(23(21)35)26(29)38;;;/h10,12,15,21,33-34,37,39H,4-9,11H2,1-3H3,(H2,29,38);3*1H/t12-,15-,21-,27-;;;/m0.../s1. The highest BCUT2D eigenvalue weighted by Gasteiger charge is 2.64. The molecule has 4 atom stereocenters. The summed E-state index contributed by atoms with van der Waals surface area (Å²) < 4.78 is 15.9. The second-order valence-electron chi connectivity index (χ2n) is 11.3. The molecule has 2 fully saturated rings. The van der Waals surface area contributed by atoms with Crippen LogP contribution in [0.2, 0.25) is 0 Å². The van der Waals surface area contributed by atoms with Gasteiger partial charge in [0.2, 0.25) is 5.78 Å². The highest BCUT2D eigenvalue weighted by Crippen LogP contribution is 2.53. The number of amides is 1. The van der Waals surface area contributed by atoms with Crippen LogP contribution in [0.3, 0.4) is 0 Å². The Morgan fingerprint density at radius 3 is 2.26 bits per heavy atom. The van der Waals surface area contributed by atoms with Gasteiger partial charge in [-0.25, -0.2) is 4.39 Å². The van der Waals surface area contributed by atoms with E-state index < -0.39 is 69.6 Å². The summed E-state index contributed by atoms with van der Waals surface area (Å²) in [5.41, 5.74) is 1.48. The Hall–Kier alpha value is -2.45.